The smallest absolute Gasteiger partial charge is 0.254 e. The lowest BCUT2D eigenvalue weighted by Gasteiger charge is -2.18. The largest absolute Gasteiger partial charge is 0.382 e. The number of amides is 1. The van der Waals surface area contributed by atoms with Crippen LogP contribution in [0.3, 0.4) is 0 Å². The van der Waals surface area contributed by atoms with Gasteiger partial charge in [-0.1, -0.05) is 42.5 Å². The Kier molecular flexibility index (Phi) is 3.27. The molecule has 0 unspecified atom stereocenters. The summed E-state index contributed by atoms with van der Waals surface area (Å²) in [6.45, 7) is 0. The van der Waals surface area contributed by atoms with Gasteiger partial charge in [0.2, 0.25) is 0 Å². The van der Waals surface area contributed by atoms with Gasteiger partial charge in [-0.25, -0.2) is 0 Å². The number of para-hydroxylation sites is 1. The summed E-state index contributed by atoms with van der Waals surface area (Å²) in [5.74, 6) is -0.355. The molecule has 2 atom stereocenters. The molecule has 1 amide bonds. The zero-order chi connectivity index (χ0) is 13.2. The molecule has 3 rings (SSSR count). The highest BCUT2D eigenvalue weighted by molar-refractivity contribution is 7.99. The van der Waals surface area contributed by atoms with Crippen molar-refractivity contribution < 1.29 is 9.90 Å². The van der Waals surface area contributed by atoms with Gasteiger partial charge in [-0.2, -0.15) is 0 Å². The number of aliphatic hydroxyl groups excluding tert-OH is 1. The van der Waals surface area contributed by atoms with Gasteiger partial charge < -0.3 is 10.4 Å². The average Bonchev–Trinajstić information content (AvgIpc) is 2.58. The number of hydrogen-bond acceptors (Lipinski definition) is 3. The van der Waals surface area contributed by atoms with E-state index >= 15 is 0 Å². The summed E-state index contributed by atoms with van der Waals surface area (Å²) in [5.41, 5.74) is 1.71. The molecule has 2 aromatic rings. The lowest BCUT2D eigenvalue weighted by molar-refractivity contribution is -0.124. The maximum absolute atomic E-state index is 12.0. The van der Waals surface area contributed by atoms with Gasteiger partial charge in [-0.05, 0) is 17.7 Å². The van der Waals surface area contributed by atoms with Crippen LogP contribution in [-0.4, -0.2) is 17.1 Å². The van der Waals surface area contributed by atoms with Crippen LogP contribution >= 0.6 is 11.8 Å². The highest BCUT2D eigenvalue weighted by Gasteiger charge is 2.32. The Labute approximate surface area is 115 Å². The van der Waals surface area contributed by atoms with Gasteiger partial charge in [0.25, 0.3) is 5.91 Å². The summed E-state index contributed by atoms with van der Waals surface area (Å²) < 4.78 is 0. The molecule has 3 nitrogen and oxygen atoms in total. The molecule has 0 bridgehead atoms. The highest BCUT2D eigenvalue weighted by Crippen LogP contribution is 2.43. The van der Waals surface area contributed by atoms with Crippen molar-refractivity contribution in [2.24, 2.45) is 0 Å². The summed E-state index contributed by atoms with van der Waals surface area (Å²) in [6.07, 6.45) is -1.06. The normalized spacial score (nSPS) is 22.3. The number of nitrogens with one attached hydrogen (secondary N) is 1. The first kappa shape index (κ1) is 12.3. The molecule has 0 aromatic heterocycles. The number of thioether (sulfide) groups is 1. The number of carbonyl (C=O) groups is 1. The first-order chi connectivity index (χ1) is 9.25. The van der Waals surface area contributed by atoms with Gasteiger partial charge in [-0.15, -0.1) is 11.8 Å². The molecule has 0 spiro atoms. The summed E-state index contributed by atoms with van der Waals surface area (Å²) in [7, 11) is 0. The molecule has 0 fully saturated rings. The molecule has 1 aliphatic rings. The van der Waals surface area contributed by atoms with E-state index in [1.165, 1.54) is 11.8 Å². The monoisotopic (exact) mass is 271 g/mol. The van der Waals surface area contributed by atoms with E-state index in [9.17, 15) is 9.90 Å². The molecule has 4 heteroatoms. The molecule has 1 aliphatic heterocycles. The van der Waals surface area contributed by atoms with E-state index < -0.39 is 6.10 Å². The number of fused-ring (bicyclic) bond motifs is 1. The summed E-state index contributed by atoms with van der Waals surface area (Å²) in [4.78, 5) is 13.0. The third-order valence-electron chi connectivity index (χ3n) is 3.08. The number of aliphatic hydroxyl groups is 1. The molecule has 0 saturated heterocycles. The van der Waals surface area contributed by atoms with Crippen LogP contribution in [0.25, 0.3) is 0 Å². The number of hydrogen-bond donors (Lipinski definition) is 2. The van der Waals surface area contributed by atoms with E-state index in [-0.39, 0.29) is 11.2 Å². The lowest BCUT2D eigenvalue weighted by Crippen LogP contribution is -2.30. The zero-order valence-corrected chi connectivity index (χ0v) is 10.9. The van der Waals surface area contributed by atoms with Crippen molar-refractivity contribution in [2.75, 3.05) is 5.32 Å². The van der Waals surface area contributed by atoms with Crippen LogP contribution < -0.4 is 5.32 Å². The van der Waals surface area contributed by atoms with Crippen LogP contribution in [0.15, 0.2) is 59.5 Å². The second-order valence-corrected chi connectivity index (χ2v) is 5.56. The number of rotatable bonds is 1. The predicted molar refractivity (Wildman–Crippen MR) is 76.1 cm³/mol. The third-order valence-corrected chi connectivity index (χ3v) is 4.48. The maximum atomic E-state index is 12.0. The fraction of sp³-hybridized carbons (Fsp3) is 0.133. The first-order valence-electron chi connectivity index (χ1n) is 6.05. The predicted octanol–water partition coefficient (Wildman–Crippen LogP) is 2.83. The quantitative estimate of drug-likeness (QED) is 0.838. The molecule has 19 heavy (non-hydrogen) atoms. The molecule has 2 aromatic carbocycles. The summed E-state index contributed by atoms with van der Waals surface area (Å²) in [5, 5.41) is 12.7. The van der Waals surface area contributed by atoms with Crippen molar-refractivity contribution in [3.05, 3.63) is 60.2 Å². The molecular weight excluding hydrogens is 258 g/mol. The minimum atomic E-state index is -1.06. The summed E-state index contributed by atoms with van der Waals surface area (Å²) >= 11 is 1.51. The molecule has 0 saturated carbocycles. The zero-order valence-electron chi connectivity index (χ0n) is 10.1. The van der Waals surface area contributed by atoms with Gasteiger partial charge in [0.05, 0.1) is 10.9 Å². The van der Waals surface area contributed by atoms with Crippen molar-refractivity contribution in [1.82, 2.24) is 0 Å². The maximum Gasteiger partial charge on any atom is 0.254 e. The lowest BCUT2D eigenvalue weighted by atomic mass is 10.1. The summed E-state index contributed by atoms with van der Waals surface area (Å²) in [6, 6.07) is 17.2. The van der Waals surface area contributed by atoms with Crippen LogP contribution in [0.4, 0.5) is 5.69 Å². The fourth-order valence-corrected chi connectivity index (χ4v) is 3.33. The van der Waals surface area contributed by atoms with E-state index in [1.807, 2.05) is 54.6 Å². The van der Waals surface area contributed by atoms with E-state index in [2.05, 4.69) is 5.32 Å². The highest BCUT2D eigenvalue weighted by atomic mass is 32.2. The van der Waals surface area contributed by atoms with Crippen LogP contribution in [0, 0.1) is 0 Å². The van der Waals surface area contributed by atoms with E-state index in [0.717, 1.165) is 16.1 Å². The Balaban J connectivity index is 2.03. The first-order valence-corrected chi connectivity index (χ1v) is 6.93. The minimum Gasteiger partial charge on any atom is -0.382 e. The van der Waals surface area contributed by atoms with Crippen LogP contribution in [-0.2, 0) is 4.79 Å². The van der Waals surface area contributed by atoms with E-state index in [1.54, 1.807) is 0 Å². The second kappa shape index (κ2) is 5.07. The Morgan fingerprint density at radius 2 is 1.68 bits per heavy atom. The standard InChI is InChI=1S/C15H13NO2S/c17-13-14(10-6-2-1-3-7-10)19-12-9-5-4-8-11(12)16-15(13)18/h1-9,13-14,17H,(H,16,18)/t13-,14+/m1/s1. The molecule has 1 heterocycles. The second-order valence-electron chi connectivity index (χ2n) is 4.38. The Hall–Kier alpha value is -1.78. The van der Waals surface area contributed by atoms with Crippen molar-refractivity contribution in [3.8, 4) is 0 Å². The van der Waals surface area contributed by atoms with Gasteiger partial charge in [0.1, 0.15) is 6.10 Å². The Bertz CT molecular complexity index is 600. The number of benzene rings is 2. The molecular formula is C15H13NO2S. The van der Waals surface area contributed by atoms with E-state index in [0.29, 0.717) is 0 Å². The van der Waals surface area contributed by atoms with Gasteiger partial charge in [-0.3, -0.25) is 4.79 Å². The molecule has 2 N–H and O–H groups in total. The molecule has 0 aliphatic carbocycles. The molecule has 96 valence electrons. The van der Waals surface area contributed by atoms with Crippen molar-refractivity contribution >= 4 is 23.4 Å². The van der Waals surface area contributed by atoms with Gasteiger partial charge in [0.15, 0.2) is 0 Å². The minimum absolute atomic E-state index is 0.287. The Morgan fingerprint density at radius 1 is 1.00 bits per heavy atom. The van der Waals surface area contributed by atoms with Crippen LogP contribution in [0.2, 0.25) is 0 Å². The van der Waals surface area contributed by atoms with E-state index in [4.69, 9.17) is 0 Å². The fourth-order valence-electron chi connectivity index (χ4n) is 2.11. The van der Waals surface area contributed by atoms with Gasteiger partial charge in [0, 0.05) is 4.90 Å². The Morgan fingerprint density at radius 3 is 2.47 bits per heavy atom. The topological polar surface area (TPSA) is 49.3 Å². The van der Waals surface area contributed by atoms with Crippen molar-refractivity contribution in [3.63, 3.8) is 0 Å². The van der Waals surface area contributed by atoms with Crippen molar-refractivity contribution in [2.45, 2.75) is 16.2 Å². The van der Waals surface area contributed by atoms with Crippen LogP contribution in [0.1, 0.15) is 10.8 Å². The molecule has 0 radical (unpaired) electrons. The average molecular weight is 271 g/mol. The van der Waals surface area contributed by atoms with Crippen molar-refractivity contribution in [1.29, 1.82) is 0 Å². The number of anilines is 1. The SMILES string of the molecule is O=C1Nc2ccccc2S[C@@H](c2ccccc2)[C@H]1O. The van der Waals surface area contributed by atoms with Gasteiger partial charge >= 0.3 is 0 Å². The number of carbonyl (C=O) groups excluding carboxylic acids is 1. The third kappa shape index (κ3) is 2.37. The van der Waals surface area contributed by atoms with Crippen LogP contribution in [0.5, 0.6) is 0 Å².